The number of aliphatic hydroxyl groups is 1. The second-order valence-corrected chi connectivity index (χ2v) is 9.09. The van der Waals surface area contributed by atoms with Gasteiger partial charge in [0.15, 0.2) is 18.2 Å². The van der Waals surface area contributed by atoms with Gasteiger partial charge in [-0.05, 0) is 37.6 Å². The third-order valence-electron chi connectivity index (χ3n) is 6.37. The number of anilines is 1. The Kier molecular flexibility index (Phi) is 10.1. The Morgan fingerprint density at radius 1 is 1.27 bits per heavy atom. The fraction of sp³-hybridized carbons (Fsp3) is 0.417. The van der Waals surface area contributed by atoms with Crippen molar-refractivity contribution in [2.75, 3.05) is 38.7 Å². The van der Waals surface area contributed by atoms with Crippen LogP contribution in [0.15, 0.2) is 30.5 Å². The minimum Gasteiger partial charge on any atom is -0.481 e. The van der Waals surface area contributed by atoms with Crippen molar-refractivity contribution in [3.63, 3.8) is 0 Å². The van der Waals surface area contributed by atoms with E-state index in [2.05, 4.69) is 30.5 Å². The molecule has 1 saturated heterocycles. The molecule has 3 aromatic rings. The first-order chi connectivity index (χ1) is 17.0. The summed E-state index contributed by atoms with van der Waals surface area (Å²) in [7, 11) is 1.58. The van der Waals surface area contributed by atoms with Crippen molar-refractivity contribution in [2.24, 2.45) is 0 Å². The van der Waals surface area contributed by atoms with Crippen LogP contribution in [0.2, 0.25) is 5.02 Å². The van der Waals surface area contributed by atoms with Crippen LogP contribution in [-0.4, -0.2) is 76.4 Å². The van der Waals surface area contributed by atoms with Gasteiger partial charge in [0.05, 0.1) is 35.0 Å². The number of halogens is 3. The smallest absolute Gasteiger partial charge is 0.263 e. The maximum Gasteiger partial charge on any atom is 0.263 e. The van der Waals surface area contributed by atoms with Crippen LogP contribution >= 0.6 is 36.4 Å². The predicted molar refractivity (Wildman–Crippen MR) is 145 cm³/mol. The summed E-state index contributed by atoms with van der Waals surface area (Å²) in [6, 6.07) is 7.27. The molecule has 37 heavy (non-hydrogen) atoms. The molecule has 2 unspecified atom stereocenters. The number of aromatic nitrogens is 3. The molecular formula is C24H29Cl3N6O4. The second kappa shape index (κ2) is 12.9. The van der Waals surface area contributed by atoms with E-state index in [-0.39, 0.29) is 43.4 Å². The molecule has 13 heteroatoms. The Hall–Kier alpha value is -2.47. The second-order valence-electron chi connectivity index (χ2n) is 8.69. The molecule has 0 saturated carbocycles. The predicted octanol–water partition coefficient (Wildman–Crippen LogP) is 2.63. The van der Waals surface area contributed by atoms with E-state index < -0.39 is 6.10 Å². The minimum absolute atomic E-state index is 0. The number of likely N-dealkylation sites (tertiary alicyclic amines) is 1. The van der Waals surface area contributed by atoms with Crippen molar-refractivity contribution in [1.82, 2.24) is 25.2 Å². The lowest BCUT2D eigenvalue weighted by Crippen LogP contribution is -2.52. The summed E-state index contributed by atoms with van der Waals surface area (Å²) in [6.45, 7) is 2.63. The van der Waals surface area contributed by atoms with Gasteiger partial charge in [0.1, 0.15) is 0 Å². The first-order valence-corrected chi connectivity index (χ1v) is 11.9. The van der Waals surface area contributed by atoms with E-state index in [1.165, 1.54) is 0 Å². The summed E-state index contributed by atoms with van der Waals surface area (Å²) in [5.41, 5.74) is 3.22. The highest BCUT2D eigenvalue weighted by atomic mass is 35.5. The van der Waals surface area contributed by atoms with E-state index in [0.717, 1.165) is 41.8 Å². The zero-order valence-electron chi connectivity index (χ0n) is 20.1. The fourth-order valence-electron chi connectivity index (χ4n) is 4.48. The van der Waals surface area contributed by atoms with E-state index >= 15 is 0 Å². The molecule has 2 aliphatic heterocycles. The average molecular weight is 572 g/mol. The van der Waals surface area contributed by atoms with Gasteiger partial charge in [-0.25, -0.2) is 9.97 Å². The summed E-state index contributed by atoms with van der Waals surface area (Å²) >= 11 is 6.46. The molecule has 1 amide bonds. The van der Waals surface area contributed by atoms with Crippen LogP contribution in [0.4, 0.5) is 5.82 Å². The molecule has 0 bridgehead atoms. The van der Waals surface area contributed by atoms with E-state index in [1.54, 1.807) is 25.4 Å². The molecule has 0 aliphatic carbocycles. The summed E-state index contributed by atoms with van der Waals surface area (Å²) in [6.07, 6.45) is 2.62. The van der Waals surface area contributed by atoms with Crippen LogP contribution in [0, 0.1) is 0 Å². The number of piperidine rings is 1. The van der Waals surface area contributed by atoms with Crippen molar-refractivity contribution in [1.29, 1.82) is 0 Å². The number of fused-ring (bicyclic) bond motifs is 2. The monoisotopic (exact) mass is 570 g/mol. The number of ether oxygens (including phenoxy) is 2. The Labute approximate surface area is 231 Å². The number of nitrogens with zero attached hydrogens (tertiary/aromatic N) is 4. The van der Waals surface area contributed by atoms with Gasteiger partial charge in [0, 0.05) is 43.5 Å². The number of amides is 1. The lowest BCUT2D eigenvalue weighted by atomic mass is 10.0. The van der Waals surface area contributed by atoms with Crippen LogP contribution in [-0.2, 0) is 17.8 Å². The van der Waals surface area contributed by atoms with Gasteiger partial charge in [0.25, 0.3) is 5.91 Å². The standard InChI is InChI=1S/C24H27ClN6O4.2ClH/c1-34-22-5-3-18-23(30-22)15(16(25)11-27-18)6-8-31-9-7-17(19(32)12-31)26-10-14-2-4-20-24(28-14)29-21(33)13-35-20;;/h2-5,11,17,19,26,32H,6-10,12-13H2,1H3,(H,28,29,33);2*1H. The molecule has 200 valence electrons. The van der Waals surface area contributed by atoms with Gasteiger partial charge in [-0.1, -0.05) is 11.6 Å². The molecule has 5 heterocycles. The first-order valence-electron chi connectivity index (χ1n) is 11.5. The zero-order valence-corrected chi connectivity index (χ0v) is 22.5. The highest BCUT2D eigenvalue weighted by molar-refractivity contribution is 6.32. The maximum atomic E-state index is 11.5. The molecular weight excluding hydrogens is 543 g/mol. The van der Waals surface area contributed by atoms with Crippen LogP contribution in [0.25, 0.3) is 11.0 Å². The van der Waals surface area contributed by atoms with Crippen LogP contribution < -0.4 is 20.1 Å². The number of carbonyl (C=O) groups excluding carboxylic acids is 1. The molecule has 0 spiro atoms. The number of aliphatic hydroxyl groups excluding tert-OH is 1. The Morgan fingerprint density at radius 2 is 2.11 bits per heavy atom. The fourth-order valence-corrected chi connectivity index (χ4v) is 4.71. The van der Waals surface area contributed by atoms with Gasteiger partial charge < -0.3 is 30.1 Å². The summed E-state index contributed by atoms with van der Waals surface area (Å²) in [5.74, 6) is 1.31. The Balaban J connectivity index is 0.00000190. The van der Waals surface area contributed by atoms with E-state index in [1.807, 2.05) is 12.1 Å². The topological polar surface area (TPSA) is 122 Å². The first kappa shape index (κ1) is 29.1. The highest BCUT2D eigenvalue weighted by Gasteiger charge is 2.28. The lowest BCUT2D eigenvalue weighted by molar-refractivity contribution is -0.118. The van der Waals surface area contributed by atoms with Crippen molar-refractivity contribution in [3.8, 4) is 11.6 Å². The number of hydrogen-bond acceptors (Lipinski definition) is 9. The lowest BCUT2D eigenvalue weighted by Gasteiger charge is -2.36. The quantitative estimate of drug-likeness (QED) is 0.393. The molecule has 5 rings (SSSR count). The molecule has 10 nitrogen and oxygen atoms in total. The van der Waals surface area contributed by atoms with Gasteiger partial charge >= 0.3 is 0 Å². The molecule has 2 atom stereocenters. The Morgan fingerprint density at radius 3 is 2.89 bits per heavy atom. The number of carbonyl (C=O) groups is 1. The molecule has 0 aromatic carbocycles. The highest BCUT2D eigenvalue weighted by Crippen LogP contribution is 2.27. The number of rotatable bonds is 7. The van der Waals surface area contributed by atoms with E-state index in [0.29, 0.717) is 42.0 Å². The summed E-state index contributed by atoms with van der Waals surface area (Å²) < 4.78 is 10.6. The number of nitrogens with one attached hydrogen (secondary N) is 2. The number of β-amino-alcohol motifs (C(OH)–C–C–N with tert-alkyl or cyclic N) is 1. The van der Waals surface area contributed by atoms with Crippen molar-refractivity contribution < 1.29 is 19.4 Å². The summed E-state index contributed by atoms with van der Waals surface area (Å²) in [4.78, 5) is 27.1. The molecule has 3 N–H and O–H groups in total. The zero-order chi connectivity index (χ0) is 24.4. The van der Waals surface area contributed by atoms with E-state index in [4.69, 9.17) is 21.1 Å². The molecule has 1 fully saturated rings. The largest absolute Gasteiger partial charge is 0.481 e. The maximum absolute atomic E-state index is 11.5. The third kappa shape index (κ3) is 6.70. The van der Waals surface area contributed by atoms with Gasteiger partial charge in [-0.3, -0.25) is 9.78 Å². The SMILES string of the molecule is COc1ccc2ncc(Cl)c(CCN3CCC(NCc4ccc5c(n4)NC(=O)CO5)C(O)C3)c2n1.Cl.Cl. The molecule has 0 radical (unpaired) electrons. The third-order valence-corrected chi connectivity index (χ3v) is 6.70. The molecule has 2 aliphatic rings. The van der Waals surface area contributed by atoms with Crippen LogP contribution in [0.3, 0.4) is 0 Å². The van der Waals surface area contributed by atoms with Crippen LogP contribution in [0.1, 0.15) is 17.7 Å². The minimum atomic E-state index is -0.521. The number of pyridine rings is 3. The van der Waals surface area contributed by atoms with Gasteiger partial charge in [-0.15, -0.1) is 24.8 Å². The molecule has 3 aromatic heterocycles. The van der Waals surface area contributed by atoms with Crippen molar-refractivity contribution >= 4 is 59.2 Å². The summed E-state index contributed by atoms with van der Waals surface area (Å²) in [5, 5.41) is 17.5. The van der Waals surface area contributed by atoms with Gasteiger partial charge in [-0.2, -0.15) is 0 Å². The number of methoxy groups -OCH3 is 1. The Bertz CT molecular complexity index is 1250. The van der Waals surface area contributed by atoms with Crippen LogP contribution in [0.5, 0.6) is 11.6 Å². The average Bonchev–Trinajstić information content (AvgIpc) is 2.87. The van der Waals surface area contributed by atoms with Crippen molar-refractivity contribution in [2.45, 2.75) is 31.5 Å². The number of hydrogen-bond donors (Lipinski definition) is 3. The van der Waals surface area contributed by atoms with Crippen molar-refractivity contribution in [3.05, 3.63) is 46.7 Å². The normalized spacial score (nSPS) is 19.2. The van der Waals surface area contributed by atoms with E-state index in [9.17, 15) is 9.90 Å². The van der Waals surface area contributed by atoms with Gasteiger partial charge in [0.2, 0.25) is 5.88 Å².